The number of rotatable bonds is 7. The molecule has 3 aromatic heterocycles. The van der Waals surface area contributed by atoms with Crippen molar-refractivity contribution in [2.45, 2.75) is 26.7 Å². The summed E-state index contributed by atoms with van der Waals surface area (Å²) in [5.41, 5.74) is 4.99. The van der Waals surface area contributed by atoms with Gasteiger partial charge in [-0.3, -0.25) is 9.89 Å². The lowest BCUT2D eigenvalue weighted by atomic mass is 10.1. The summed E-state index contributed by atoms with van der Waals surface area (Å²) < 4.78 is 1.88. The monoisotopic (exact) mass is 376 g/mol. The summed E-state index contributed by atoms with van der Waals surface area (Å²) in [7, 11) is 2.14. The van der Waals surface area contributed by atoms with Crippen LogP contribution in [-0.4, -0.2) is 55.6 Å². The van der Waals surface area contributed by atoms with E-state index >= 15 is 0 Å². The molecule has 0 aliphatic heterocycles. The summed E-state index contributed by atoms with van der Waals surface area (Å²) in [5.74, 6) is -0.0573. The van der Waals surface area contributed by atoms with Crippen molar-refractivity contribution in [1.29, 1.82) is 0 Å². The van der Waals surface area contributed by atoms with Crippen LogP contribution >= 0.6 is 0 Å². The van der Waals surface area contributed by atoms with Crippen molar-refractivity contribution in [3.63, 3.8) is 0 Å². The lowest BCUT2D eigenvalue weighted by molar-refractivity contribution is 0.101. The van der Waals surface area contributed by atoms with Gasteiger partial charge < -0.3 is 4.90 Å². The standard InChI is InChI=1S/C21H24N6O/c1-4-10-26(3)11-9-16-6-8-20-22-13-19(27(20)25-16)15-5-7-18-17(12-15)21(14(2)28)24-23-18/h5-8,12-13H,4,9-11H2,1-3H3,(H,23,24). The van der Waals surface area contributed by atoms with Crippen molar-refractivity contribution in [3.8, 4) is 11.3 Å². The van der Waals surface area contributed by atoms with Crippen LogP contribution in [-0.2, 0) is 6.42 Å². The van der Waals surface area contributed by atoms with Crippen molar-refractivity contribution in [1.82, 2.24) is 29.7 Å². The maximum Gasteiger partial charge on any atom is 0.180 e. The first-order valence-corrected chi connectivity index (χ1v) is 9.58. The van der Waals surface area contributed by atoms with Crippen molar-refractivity contribution >= 4 is 22.3 Å². The lowest BCUT2D eigenvalue weighted by Crippen LogP contribution is -2.22. The molecule has 1 N–H and O–H groups in total. The first kappa shape index (κ1) is 18.3. The predicted octanol–water partition coefficient (Wildman–Crippen LogP) is 3.36. The van der Waals surface area contributed by atoms with E-state index in [1.54, 1.807) is 0 Å². The van der Waals surface area contributed by atoms with Gasteiger partial charge in [0.25, 0.3) is 0 Å². The third kappa shape index (κ3) is 3.41. The molecule has 0 unspecified atom stereocenters. The second-order valence-corrected chi connectivity index (χ2v) is 7.18. The minimum Gasteiger partial charge on any atom is -0.306 e. The molecule has 0 radical (unpaired) electrons. The number of hydrogen-bond donors (Lipinski definition) is 1. The van der Waals surface area contributed by atoms with E-state index in [-0.39, 0.29) is 5.78 Å². The van der Waals surface area contributed by atoms with E-state index in [4.69, 9.17) is 5.10 Å². The molecular weight excluding hydrogens is 352 g/mol. The molecule has 1 aromatic carbocycles. The Kier molecular flexibility index (Phi) is 4.92. The Morgan fingerprint density at radius 1 is 1.21 bits per heavy atom. The summed E-state index contributed by atoms with van der Waals surface area (Å²) in [6.45, 7) is 5.77. The number of hydrogen-bond acceptors (Lipinski definition) is 5. The quantitative estimate of drug-likeness (QED) is 0.500. The van der Waals surface area contributed by atoms with Crippen LogP contribution in [0.4, 0.5) is 0 Å². The molecule has 0 aliphatic carbocycles. The molecule has 3 heterocycles. The number of H-pyrrole nitrogens is 1. The fourth-order valence-corrected chi connectivity index (χ4v) is 3.48. The molecule has 0 spiro atoms. The maximum absolute atomic E-state index is 11.8. The zero-order valence-corrected chi connectivity index (χ0v) is 16.4. The molecule has 7 heteroatoms. The molecule has 0 bridgehead atoms. The van der Waals surface area contributed by atoms with E-state index in [0.29, 0.717) is 5.69 Å². The van der Waals surface area contributed by atoms with Crippen LogP contribution in [0.25, 0.3) is 27.8 Å². The Hall–Kier alpha value is -3.06. The number of fused-ring (bicyclic) bond motifs is 2. The third-order valence-electron chi connectivity index (χ3n) is 4.96. The van der Waals surface area contributed by atoms with Gasteiger partial charge in [-0.2, -0.15) is 10.2 Å². The van der Waals surface area contributed by atoms with Crippen molar-refractivity contribution in [2.75, 3.05) is 20.1 Å². The van der Waals surface area contributed by atoms with Crippen molar-refractivity contribution in [2.24, 2.45) is 0 Å². The van der Waals surface area contributed by atoms with Gasteiger partial charge in [0.1, 0.15) is 5.69 Å². The molecule has 4 rings (SSSR count). The van der Waals surface area contributed by atoms with Gasteiger partial charge in [-0.15, -0.1) is 0 Å². The zero-order valence-electron chi connectivity index (χ0n) is 16.4. The fraction of sp³-hybridized carbons (Fsp3) is 0.333. The highest BCUT2D eigenvalue weighted by atomic mass is 16.1. The molecule has 0 atom stereocenters. The van der Waals surface area contributed by atoms with Crippen LogP contribution in [0.3, 0.4) is 0 Å². The van der Waals surface area contributed by atoms with Gasteiger partial charge in [0.05, 0.1) is 23.1 Å². The van der Waals surface area contributed by atoms with Crippen molar-refractivity contribution in [3.05, 3.63) is 47.9 Å². The number of carbonyl (C=O) groups excluding carboxylic acids is 1. The fourth-order valence-electron chi connectivity index (χ4n) is 3.48. The number of ketones is 1. The minimum atomic E-state index is -0.0573. The van der Waals surface area contributed by atoms with Gasteiger partial charge in [-0.05, 0) is 44.3 Å². The molecule has 0 amide bonds. The zero-order chi connectivity index (χ0) is 19.7. The maximum atomic E-state index is 11.8. The van der Waals surface area contributed by atoms with Crippen LogP contribution in [0.15, 0.2) is 36.5 Å². The molecule has 4 aromatic rings. The number of carbonyl (C=O) groups is 1. The molecule has 0 saturated heterocycles. The van der Waals surface area contributed by atoms with Gasteiger partial charge >= 0.3 is 0 Å². The predicted molar refractivity (Wildman–Crippen MR) is 110 cm³/mol. The minimum absolute atomic E-state index is 0.0573. The van der Waals surface area contributed by atoms with Gasteiger partial charge in [-0.1, -0.05) is 13.0 Å². The summed E-state index contributed by atoms with van der Waals surface area (Å²) >= 11 is 0. The van der Waals surface area contributed by atoms with E-state index < -0.39 is 0 Å². The number of aromatic nitrogens is 5. The smallest absolute Gasteiger partial charge is 0.180 e. The average Bonchev–Trinajstić information content (AvgIpc) is 3.29. The summed E-state index contributed by atoms with van der Waals surface area (Å²) in [5, 5.41) is 12.7. The highest BCUT2D eigenvalue weighted by Crippen LogP contribution is 2.26. The Bertz CT molecular complexity index is 1140. The third-order valence-corrected chi connectivity index (χ3v) is 4.96. The SMILES string of the molecule is CCCN(C)CCc1ccc2ncc(-c3ccc4[nH]nc(C(C)=O)c4c3)n2n1. The number of aromatic amines is 1. The van der Waals surface area contributed by atoms with E-state index in [1.165, 1.54) is 6.92 Å². The summed E-state index contributed by atoms with van der Waals surface area (Å²) in [4.78, 5) is 18.6. The van der Waals surface area contributed by atoms with Crippen molar-refractivity contribution < 1.29 is 4.79 Å². The van der Waals surface area contributed by atoms with Crippen LogP contribution in [0.2, 0.25) is 0 Å². The van der Waals surface area contributed by atoms with Gasteiger partial charge in [-0.25, -0.2) is 9.50 Å². The van der Waals surface area contributed by atoms with Gasteiger partial charge in [0, 0.05) is 30.8 Å². The molecule has 144 valence electrons. The van der Waals surface area contributed by atoms with Crippen LogP contribution < -0.4 is 0 Å². The summed E-state index contributed by atoms with van der Waals surface area (Å²) in [6.07, 6.45) is 3.86. The van der Waals surface area contributed by atoms with Crippen LogP contribution in [0.5, 0.6) is 0 Å². The van der Waals surface area contributed by atoms with E-state index in [2.05, 4.69) is 34.1 Å². The second kappa shape index (κ2) is 7.52. The van der Waals surface area contributed by atoms with Crippen LogP contribution in [0, 0.1) is 0 Å². The lowest BCUT2D eigenvalue weighted by Gasteiger charge is -2.14. The number of nitrogens with one attached hydrogen (secondary N) is 1. The Morgan fingerprint density at radius 2 is 2.07 bits per heavy atom. The normalized spacial score (nSPS) is 11.7. The van der Waals surface area contributed by atoms with Gasteiger partial charge in [0.15, 0.2) is 11.4 Å². The Labute approximate surface area is 163 Å². The Balaban J connectivity index is 1.70. The molecular formula is C21H24N6O. The Morgan fingerprint density at radius 3 is 2.86 bits per heavy atom. The first-order chi connectivity index (χ1) is 13.6. The first-order valence-electron chi connectivity index (χ1n) is 9.58. The number of likely N-dealkylation sites (N-methyl/N-ethyl adjacent to an activating group) is 1. The molecule has 0 aliphatic rings. The number of Topliss-reactive ketones (excluding diaryl/α,β-unsaturated/α-hetero) is 1. The molecule has 7 nitrogen and oxygen atoms in total. The topological polar surface area (TPSA) is 79.2 Å². The van der Waals surface area contributed by atoms with E-state index in [0.717, 1.165) is 59.4 Å². The highest BCUT2D eigenvalue weighted by molar-refractivity contribution is 6.05. The molecule has 28 heavy (non-hydrogen) atoms. The molecule has 0 saturated carbocycles. The second-order valence-electron chi connectivity index (χ2n) is 7.18. The number of nitrogens with zero attached hydrogens (tertiary/aromatic N) is 5. The summed E-state index contributed by atoms with van der Waals surface area (Å²) in [6, 6.07) is 9.95. The largest absolute Gasteiger partial charge is 0.306 e. The van der Waals surface area contributed by atoms with E-state index in [9.17, 15) is 4.79 Å². The number of imidazole rings is 1. The average molecular weight is 376 g/mol. The molecule has 0 fully saturated rings. The van der Waals surface area contributed by atoms with Crippen LogP contribution in [0.1, 0.15) is 36.5 Å². The van der Waals surface area contributed by atoms with Gasteiger partial charge in [0.2, 0.25) is 0 Å². The highest BCUT2D eigenvalue weighted by Gasteiger charge is 2.14. The number of benzene rings is 1. The van der Waals surface area contributed by atoms with E-state index in [1.807, 2.05) is 41.0 Å².